The molecule has 7 heteroatoms. The number of carbonyl (C=O) groups is 1. The molecule has 0 N–H and O–H groups in total. The van der Waals surface area contributed by atoms with Crippen molar-refractivity contribution in [2.24, 2.45) is 0 Å². The lowest BCUT2D eigenvalue weighted by Crippen LogP contribution is -2.40. The van der Waals surface area contributed by atoms with Gasteiger partial charge in [-0.1, -0.05) is 30.3 Å². The van der Waals surface area contributed by atoms with Gasteiger partial charge in [-0.05, 0) is 42.7 Å². The highest BCUT2D eigenvalue weighted by Crippen LogP contribution is 2.30. The fourth-order valence-electron chi connectivity index (χ4n) is 3.86. The molecule has 1 saturated heterocycles. The van der Waals surface area contributed by atoms with Gasteiger partial charge >= 0.3 is 0 Å². The van der Waals surface area contributed by atoms with Crippen LogP contribution in [0.25, 0.3) is 0 Å². The van der Waals surface area contributed by atoms with Gasteiger partial charge in [-0.2, -0.15) is 0 Å². The van der Waals surface area contributed by atoms with Crippen LogP contribution in [0.3, 0.4) is 0 Å². The molecule has 0 bridgehead atoms. The number of amides is 1. The summed E-state index contributed by atoms with van der Waals surface area (Å²) < 4.78 is 1.69. The summed E-state index contributed by atoms with van der Waals surface area (Å²) in [5.41, 5.74) is 1.53. The molecule has 2 heterocycles. The minimum atomic E-state index is -0.0740. The van der Waals surface area contributed by atoms with Crippen LogP contribution in [-0.4, -0.2) is 52.8 Å². The molecular weight excluding hydrogens is 420 g/mol. The normalized spacial score (nSPS) is 14.4. The lowest BCUT2D eigenvalue weighted by molar-refractivity contribution is 0.0827. The maximum atomic E-state index is 13.1. The Morgan fingerprint density at radius 2 is 1.75 bits per heavy atom. The van der Waals surface area contributed by atoms with Gasteiger partial charge < -0.3 is 14.4 Å². The van der Waals surface area contributed by atoms with Crippen molar-refractivity contribution < 1.29 is 4.79 Å². The molecule has 1 aromatic heterocycles. The molecule has 1 aliphatic heterocycles. The summed E-state index contributed by atoms with van der Waals surface area (Å²) in [4.78, 5) is 34.5. The molecule has 1 aliphatic rings. The smallest absolute Gasteiger partial charge is 0.293 e. The summed E-state index contributed by atoms with van der Waals surface area (Å²) in [7, 11) is 3.47. The van der Waals surface area contributed by atoms with E-state index in [1.165, 1.54) is 4.90 Å². The molecule has 166 valence electrons. The molecule has 0 saturated carbocycles. The number of hydrogen-bond donors (Lipinski definition) is 0. The Hall–Kier alpha value is -3.06. The summed E-state index contributed by atoms with van der Waals surface area (Å²) in [5.74, 6) is 0.490. The second-order valence-electron chi connectivity index (χ2n) is 8.20. The molecule has 0 aliphatic carbocycles. The largest absolute Gasteiger partial charge is 0.352 e. The van der Waals surface area contributed by atoms with Crippen LogP contribution in [0.2, 0.25) is 0 Å². The van der Waals surface area contributed by atoms with Crippen LogP contribution in [0.5, 0.6) is 0 Å². The number of carbonyl (C=O) groups excluding carboxylic acids is 1. The first-order chi connectivity index (χ1) is 15.5. The highest BCUT2D eigenvalue weighted by Gasteiger charge is 2.23. The minimum Gasteiger partial charge on any atom is -0.352 e. The van der Waals surface area contributed by atoms with Crippen LogP contribution in [0.15, 0.2) is 76.7 Å². The Kier molecular flexibility index (Phi) is 6.95. The van der Waals surface area contributed by atoms with E-state index in [0.717, 1.165) is 31.5 Å². The molecule has 0 unspecified atom stereocenters. The number of piperidine rings is 1. The fourth-order valence-corrected chi connectivity index (χ4v) is 5.01. The van der Waals surface area contributed by atoms with E-state index >= 15 is 0 Å². The second-order valence-corrected chi connectivity index (χ2v) is 9.57. The van der Waals surface area contributed by atoms with Crippen LogP contribution < -0.4 is 10.5 Å². The zero-order valence-corrected chi connectivity index (χ0v) is 19.3. The standard InChI is InChI=1S/C25H28N4O2S/c1-27(2)24(30)20-10-8-19(9-11-20)18-29-17-14-26-23(25(29)31)28-15-12-22(13-16-28)32-21-6-4-3-5-7-21/h3-11,14,17,22H,12-13,15-16,18H2,1-2H3. The number of thioether (sulfide) groups is 1. The van der Waals surface area contributed by atoms with Gasteiger partial charge in [0.2, 0.25) is 0 Å². The third kappa shape index (κ3) is 5.22. The van der Waals surface area contributed by atoms with Crippen molar-refractivity contribution in [3.8, 4) is 0 Å². The number of rotatable bonds is 6. The Labute approximate surface area is 192 Å². The quantitative estimate of drug-likeness (QED) is 0.575. The average molecular weight is 449 g/mol. The maximum absolute atomic E-state index is 13.1. The van der Waals surface area contributed by atoms with Gasteiger partial charge in [0.25, 0.3) is 11.5 Å². The van der Waals surface area contributed by atoms with Crippen molar-refractivity contribution in [1.29, 1.82) is 0 Å². The number of aromatic nitrogens is 2. The Balaban J connectivity index is 1.41. The van der Waals surface area contributed by atoms with E-state index in [-0.39, 0.29) is 11.5 Å². The van der Waals surface area contributed by atoms with Gasteiger partial charge in [-0.25, -0.2) is 4.98 Å². The molecule has 1 fully saturated rings. The zero-order chi connectivity index (χ0) is 22.5. The topological polar surface area (TPSA) is 58.4 Å². The summed E-state index contributed by atoms with van der Waals surface area (Å²) in [5, 5.41) is 0.558. The Morgan fingerprint density at radius 3 is 2.41 bits per heavy atom. The van der Waals surface area contributed by atoms with Gasteiger partial charge in [-0.3, -0.25) is 9.59 Å². The average Bonchev–Trinajstić information content (AvgIpc) is 2.82. The van der Waals surface area contributed by atoms with Crippen LogP contribution in [-0.2, 0) is 6.54 Å². The zero-order valence-electron chi connectivity index (χ0n) is 18.5. The van der Waals surface area contributed by atoms with E-state index in [9.17, 15) is 9.59 Å². The van der Waals surface area contributed by atoms with Crippen molar-refractivity contribution in [2.45, 2.75) is 29.5 Å². The van der Waals surface area contributed by atoms with Gasteiger partial charge in [0.05, 0.1) is 6.54 Å². The van der Waals surface area contributed by atoms with E-state index in [2.05, 4.69) is 34.1 Å². The minimum absolute atomic E-state index is 0.0336. The van der Waals surface area contributed by atoms with Gasteiger partial charge in [0.15, 0.2) is 5.82 Å². The van der Waals surface area contributed by atoms with Gasteiger partial charge in [0.1, 0.15) is 0 Å². The van der Waals surface area contributed by atoms with Crippen LogP contribution >= 0.6 is 11.8 Å². The Bertz CT molecular complexity index is 1100. The molecular formula is C25H28N4O2S. The molecule has 0 radical (unpaired) electrons. The van der Waals surface area contributed by atoms with E-state index in [4.69, 9.17) is 0 Å². The first-order valence-corrected chi connectivity index (χ1v) is 11.7. The van der Waals surface area contributed by atoms with Crippen LogP contribution in [0.1, 0.15) is 28.8 Å². The fraction of sp³-hybridized carbons (Fsp3) is 0.320. The first-order valence-electron chi connectivity index (χ1n) is 10.8. The third-order valence-corrected chi connectivity index (χ3v) is 6.99. The van der Waals surface area contributed by atoms with Crippen LogP contribution in [0, 0.1) is 0 Å². The van der Waals surface area contributed by atoms with E-state index in [0.29, 0.717) is 23.2 Å². The lowest BCUT2D eigenvalue weighted by atomic mass is 10.1. The monoisotopic (exact) mass is 448 g/mol. The SMILES string of the molecule is CN(C)C(=O)c1ccc(Cn2ccnc(N3CCC(Sc4ccccc4)CC3)c2=O)cc1. The van der Waals surface area contributed by atoms with E-state index in [1.54, 1.807) is 48.1 Å². The number of nitrogens with zero attached hydrogens (tertiary/aromatic N) is 4. The van der Waals surface area contributed by atoms with Crippen LogP contribution in [0.4, 0.5) is 5.82 Å². The molecule has 6 nitrogen and oxygen atoms in total. The molecule has 3 aromatic rings. The number of hydrogen-bond acceptors (Lipinski definition) is 5. The predicted molar refractivity (Wildman–Crippen MR) is 130 cm³/mol. The van der Waals surface area contributed by atoms with Gasteiger partial charge in [-0.15, -0.1) is 11.8 Å². The van der Waals surface area contributed by atoms with Crippen molar-refractivity contribution in [1.82, 2.24) is 14.5 Å². The second kappa shape index (κ2) is 10.0. The third-order valence-electron chi connectivity index (χ3n) is 5.64. The summed E-state index contributed by atoms with van der Waals surface area (Å²) in [6.07, 6.45) is 5.47. The molecule has 4 rings (SSSR count). The molecule has 0 atom stereocenters. The van der Waals surface area contributed by atoms with Crippen molar-refractivity contribution in [3.05, 3.63) is 88.5 Å². The molecule has 2 aromatic carbocycles. The van der Waals surface area contributed by atoms with Crippen molar-refractivity contribution >= 4 is 23.5 Å². The molecule has 1 amide bonds. The highest BCUT2D eigenvalue weighted by atomic mass is 32.2. The van der Waals surface area contributed by atoms with Crippen molar-refractivity contribution in [2.75, 3.05) is 32.1 Å². The summed E-state index contributed by atoms with van der Waals surface area (Å²) >= 11 is 1.92. The summed E-state index contributed by atoms with van der Waals surface area (Å²) in [6, 6.07) is 17.9. The summed E-state index contributed by atoms with van der Waals surface area (Å²) in [6.45, 7) is 2.11. The predicted octanol–water partition coefficient (Wildman–Crippen LogP) is 3.75. The maximum Gasteiger partial charge on any atom is 0.293 e. The number of anilines is 1. The van der Waals surface area contributed by atoms with E-state index in [1.807, 2.05) is 30.0 Å². The van der Waals surface area contributed by atoms with Gasteiger partial charge in [0, 0.05) is 55.3 Å². The van der Waals surface area contributed by atoms with E-state index < -0.39 is 0 Å². The number of benzene rings is 2. The highest BCUT2D eigenvalue weighted by molar-refractivity contribution is 8.00. The lowest BCUT2D eigenvalue weighted by Gasteiger charge is -2.32. The van der Waals surface area contributed by atoms with Crippen molar-refractivity contribution in [3.63, 3.8) is 0 Å². The molecule has 0 spiro atoms. The molecule has 32 heavy (non-hydrogen) atoms. The Morgan fingerprint density at radius 1 is 1.06 bits per heavy atom. The first kappa shape index (κ1) is 22.1.